The van der Waals surface area contributed by atoms with Gasteiger partial charge in [-0.15, -0.1) is 5.79 Å². The van der Waals surface area contributed by atoms with Crippen molar-refractivity contribution in [1.29, 1.82) is 0 Å². The highest BCUT2D eigenvalue weighted by Crippen LogP contribution is 1.80. The van der Waals surface area contributed by atoms with Crippen LogP contribution in [-0.4, -0.2) is 42.0 Å². The van der Waals surface area contributed by atoms with Crippen LogP contribution in [0.4, 0.5) is 0 Å². The van der Waals surface area contributed by atoms with Crippen LogP contribution in [0.2, 0.25) is 5.79 Å². The van der Waals surface area contributed by atoms with Crippen LogP contribution in [0, 0.1) is 0 Å². The molecule has 1 atom stereocenters. The van der Waals surface area contributed by atoms with Crippen LogP contribution in [0.1, 0.15) is 6.92 Å². The lowest BCUT2D eigenvalue weighted by atomic mass is 10.3. The van der Waals surface area contributed by atoms with Gasteiger partial charge in [-0.2, -0.15) is 0 Å². The molecular formula is C6H15AlN2. The molecule has 1 rings (SSSR count). The monoisotopic (exact) mass is 142 g/mol. The molecule has 0 aromatic heterocycles. The van der Waals surface area contributed by atoms with Crippen LogP contribution in [-0.2, 0) is 0 Å². The van der Waals surface area contributed by atoms with Crippen LogP contribution in [0.5, 0.6) is 0 Å². The molecule has 1 heterocycles. The first-order valence-electron chi connectivity index (χ1n) is 3.41. The number of hydrogen-bond donors (Lipinski definition) is 2. The standard InChI is InChI=1S/C5H12N2.CH3.Al/c1-5-4-6-2-3-7-5;;/h5-7H,2-4H2,1H3;1H3;. The second kappa shape index (κ2) is 6.57. The van der Waals surface area contributed by atoms with Crippen molar-refractivity contribution in [3.63, 3.8) is 0 Å². The van der Waals surface area contributed by atoms with Crippen molar-refractivity contribution in [2.45, 2.75) is 18.8 Å². The molecule has 9 heavy (non-hydrogen) atoms. The molecule has 52 valence electrons. The molecular weight excluding hydrogens is 127 g/mol. The maximum absolute atomic E-state index is 3.32. The van der Waals surface area contributed by atoms with Gasteiger partial charge in [-0.05, 0) is 6.92 Å². The third kappa shape index (κ3) is 4.93. The van der Waals surface area contributed by atoms with Crippen molar-refractivity contribution in [2.24, 2.45) is 0 Å². The van der Waals surface area contributed by atoms with Gasteiger partial charge in [-0.25, -0.2) is 0 Å². The van der Waals surface area contributed by atoms with Crippen LogP contribution < -0.4 is 10.6 Å². The Morgan fingerprint density at radius 1 is 1.33 bits per heavy atom. The summed E-state index contributed by atoms with van der Waals surface area (Å²) >= 11 is 2.42. The van der Waals surface area contributed by atoms with Crippen LogP contribution in [0.3, 0.4) is 0 Å². The van der Waals surface area contributed by atoms with E-state index in [-0.39, 0.29) is 0 Å². The third-order valence-electron chi connectivity index (χ3n) is 1.25. The lowest BCUT2D eigenvalue weighted by Gasteiger charge is -2.19. The topological polar surface area (TPSA) is 24.1 Å². The number of rotatable bonds is 0. The van der Waals surface area contributed by atoms with Crippen molar-refractivity contribution >= 4 is 16.3 Å². The molecule has 1 fully saturated rings. The summed E-state index contributed by atoms with van der Waals surface area (Å²) < 4.78 is 0. The average molecular weight is 142 g/mol. The molecule has 1 unspecified atom stereocenters. The van der Waals surface area contributed by atoms with Crippen molar-refractivity contribution in [1.82, 2.24) is 10.6 Å². The van der Waals surface area contributed by atoms with Crippen molar-refractivity contribution in [3.8, 4) is 0 Å². The van der Waals surface area contributed by atoms with E-state index in [4.69, 9.17) is 0 Å². The molecule has 2 N–H and O–H groups in total. The largest absolute Gasteiger partial charge is 0.314 e. The minimum Gasteiger partial charge on any atom is -0.314 e. The van der Waals surface area contributed by atoms with E-state index in [2.05, 4.69) is 33.8 Å². The maximum Gasteiger partial charge on any atom is 0.112 e. The Kier molecular flexibility index (Phi) is 6.90. The fraction of sp³-hybridized carbons (Fsp3) is 1.00. The van der Waals surface area contributed by atoms with Gasteiger partial charge in [0.1, 0.15) is 16.3 Å². The highest BCUT2D eigenvalue weighted by Gasteiger charge is 2.03. The molecule has 0 aliphatic carbocycles. The van der Waals surface area contributed by atoms with E-state index < -0.39 is 0 Å². The first-order valence-corrected chi connectivity index (χ1v) is 4.57. The summed E-state index contributed by atoms with van der Waals surface area (Å²) in [5.74, 6) is 1.92. The number of piperazine rings is 1. The van der Waals surface area contributed by atoms with Gasteiger partial charge in [-0.3, -0.25) is 0 Å². The number of nitrogens with one attached hydrogen (secondary N) is 2. The van der Waals surface area contributed by atoms with Crippen LogP contribution in [0.25, 0.3) is 0 Å². The van der Waals surface area contributed by atoms with Gasteiger partial charge in [0, 0.05) is 25.7 Å². The predicted octanol–water partition coefficient (Wildman–Crippen LogP) is -0.229. The minimum absolute atomic E-state index is 0.675. The predicted molar refractivity (Wildman–Crippen MR) is 42.0 cm³/mol. The molecule has 3 heteroatoms. The zero-order chi connectivity index (χ0) is 7.11. The van der Waals surface area contributed by atoms with Crippen molar-refractivity contribution in [2.75, 3.05) is 19.6 Å². The second-order valence-corrected chi connectivity index (χ2v) is 2.06. The van der Waals surface area contributed by atoms with Gasteiger partial charge < -0.3 is 10.6 Å². The van der Waals surface area contributed by atoms with E-state index in [1.807, 2.05) is 5.79 Å². The quantitative estimate of drug-likeness (QED) is 0.456. The van der Waals surface area contributed by atoms with E-state index in [1.54, 1.807) is 0 Å². The first kappa shape index (κ1) is 9.45. The lowest BCUT2D eigenvalue weighted by molar-refractivity contribution is 0.442. The van der Waals surface area contributed by atoms with E-state index in [9.17, 15) is 0 Å². The molecule has 0 amide bonds. The Hall–Kier alpha value is 0.452. The lowest BCUT2D eigenvalue weighted by Crippen LogP contribution is -2.46. The Bertz CT molecular complexity index is 53.0. The maximum atomic E-state index is 3.32. The summed E-state index contributed by atoms with van der Waals surface area (Å²) in [4.78, 5) is 0. The van der Waals surface area contributed by atoms with Crippen molar-refractivity contribution < 1.29 is 0 Å². The zero-order valence-corrected chi connectivity index (χ0v) is 7.43. The molecule has 1 aliphatic heterocycles. The molecule has 2 radical (unpaired) electrons. The van der Waals surface area contributed by atoms with E-state index in [1.165, 1.54) is 0 Å². The normalized spacial score (nSPS) is 26.2. The van der Waals surface area contributed by atoms with Gasteiger partial charge in [0.25, 0.3) is 0 Å². The Morgan fingerprint density at radius 2 is 2.00 bits per heavy atom. The first-order chi connectivity index (χ1) is 4.39. The fourth-order valence-electron chi connectivity index (χ4n) is 0.798. The fourth-order valence-corrected chi connectivity index (χ4v) is 0.798. The Balaban J connectivity index is 0.000000291. The highest BCUT2D eigenvalue weighted by atomic mass is 27.0. The van der Waals surface area contributed by atoms with Crippen LogP contribution in [0.15, 0.2) is 0 Å². The van der Waals surface area contributed by atoms with E-state index in [0.717, 1.165) is 19.6 Å². The van der Waals surface area contributed by atoms with E-state index in [0.29, 0.717) is 6.04 Å². The number of hydrogen-bond acceptors (Lipinski definition) is 2. The van der Waals surface area contributed by atoms with Gasteiger partial charge in [-0.1, -0.05) is 0 Å². The smallest absolute Gasteiger partial charge is 0.112 e. The highest BCUT2D eigenvalue weighted by molar-refractivity contribution is 6.05. The summed E-state index contributed by atoms with van der Waals surface area (Å²) in [5, 5.41) is 6.59. The second-order valence-electron chi connectivity index (χ2n) is 2.06. The Morgan fingerprint density at radius 3 is 2.22 bits per heavy atom. The van der Waals surface area contributed by atoms with Gasteiger partial charge in [0.05, 0.1) is 0 Å². The molecule has 0 aromatic carbocycles. The van der Waals surface area contributed by atoms with Crippen LogP contribution >= 0.6 is 0 Å². The average Bonchev–Trinajstić information content (AvgIpc) is 1.94. The summed E-state index contributed by atoms with van der Waals surface area (Å²) in [5.41, 5.74) is 0. The summed E-state index contributed by atoms with van der Waals surface area (Å²) in [7, 11) is 0. The van der Waals surface area contributed by atoms with Gasteiger partial charge in [0.2, 0.25) is 0 Å². The molecule has 0 bridgehead atoms. The molecule has 1 saturated heterocycles. The minimum atomic E-state index is 0.675. The molecule has 0 aromatic rings. The summed E-state index contributed by atoms with van der Waals surface area (Å²) in [6, 6.07) is 0.675. The molecule has 1 aliphatic rings. The van der Waals surface area contributed by atoms with E-state index >= 15 is 0 Å². The van der Waals surface area contributed by atoms with Gasteiger partial charge in [0.15, 0.2) is 0 Å². The zero-order valence-electron chi connectivity index (χ0n) is 6.28. The Labute approximate surface area is 65.8 Å². The summed E-state index contributed by atoms with van der Waals surface area (Å²) in [6.45, 7) is 5.57. The van der Waals surface area contributed by atoms with Gasteiger partial charge >= 0.3 is 0 Å². The molecule has 2 nitrogen and oxygen atoms in total. The molecule has 0 spiro atoms. The summed E-state index contributed by atoms with van der Waals surface area (Å²) in [6.07, 6.45) is 0. The molecule has 0 saturated carbocycles. The third-order valence-corrected chi connectivity index (χ3v) is 1.25. The van der Waals surface area contributed by atoms with Crippen molar-refractivity contribution in [3.05, 3.63) is 0 Å². The SMILES string of the molecule is CC1CNCCN1.[CH3][Al].